The minimum Gasteiger partial charge on any atom is -0.100 e. The summed E-state index contributed by atoms with van der Waals surface area (Å²) in [6, 6.07) is 7.16. The summed E-state index contributed by atoms with van der Waals surface area (Å²) in [4.78, 5) is 0. The average Bonchev–Trinajstić information content (AvgIpc) is 2.60. The molecule has 144 valence electrons. The Balaban J connectivity index is 0.00000277. The second kappa shape index (κ2) is 16.4. The summed E-state index contributed by atoms with van der Waals surface area (Å²) in [5.74, 6) is 0. The van der Waals surface area contributed by atoms with Crippen LogP contribution in [0.2, 0.25) is 0 Å². The fourth-order valence-electron chi connectivity index (χ4n) is 3.22. The second-order valence-electron chi connectivity index (χ2n) is 7.30. The van der Waals surface area contributed by atoms with Gasteiger partial charge in [-0.05, 0) is 69.1 Å². The lowest BCUT2D eigenvalue weighted by molar-refractivity contribution is 0.607. The van der Waals surface area contributed by atoms with Gasteiger partial charge in [0.15, 0.2) is 0 Å². The Kier molecular flexibility index (Phi) is 15.7. The Hall–Kier alpha value is -1.04. The molecule has 0 fully saturated rings. The van der Waals surface area contributed by atoms with Gasteiger partial charge in [0.2, 0.25) is 0 Å². The van der Waals surface area contributed by atoms with Gasteiger partial charge in [-0.2, -0.15) is 0 Å². The van der Waals surface area contributed by atoms with E-state index in [0.717, 1.165) is 0 Å². The van der Waals surface area contributed by atoms with Gasteiger partial charge in [-0.1, -0.05) is 83.1 Å². The van der Waals surface area contributed by atoms with Crippen LogP contribution in [-0.2, 0) is 12.8 Å². The molecule has 0 aromatic heterocycles. The van der Waals surface area contributed by atoms with Gasteiger partial charge in [0.05, 0.1) is 0 Å². The molecule has 0 atom stereocenters. The third-order valence-electron chi connectivity index (χ3n) is 4.78. The normalized spacial score (nSPS) is 10.3. The lowest BCUT2D eigenvalue weighted by atomic mass is 9.97. The predicted octanol–water partition coefficient (Wildman–Crippen LogP) is 8.60. The van der Waals surface area contributed by atoms with Crippen LogP contribution in [0.3, 0.4) is 0 Å². The molecule has 0 aliphatic heterocycles. The third-order valence-corrected chi connectivity index (χ3v) is 4.78. The van der Waals surface area contributed by atoms with Crippen LogP contribution in [0.5, 0.6) is 0 Å². The zero-order valence-electron chi connectivity index (χ0n) is 17.9. The van der Waals surface area contributed by atoms with Crippen molar-refractivity contribution in [2.75, 3.05) is 0 Å². The number of allylic oxidation sites excluding steroid dienone is 1. The zero-order chi connectivity index (χ0) is 18.9. The molecule has 0 saturated heterocycles. The Morgan fingerprint density at radius 3 is 2.08 bits per heavy atom. The maximum absolute atomic E-state index is 3.98. The molecule has 0 amide bonds. The molecule has 0 unspecified atom stereocenters. The van der Waals surface area contributed by atoms with E-state index >= 15 is 0 Å². The highest BCUT2D eigenvalue weighted by atomic mass is 14.1. The molecular weight excluding hydrogens is 300 g/mol. The van der Waals surface area contributed by atoms with Crippen molar-refractivity contribution in [2.24, 2.45) is 0 Å². The van der Waals surface area contributed by atoms with Crippen molar-refractivity contribution in [3.63, 3.8) is 0 Å². The minimum absolute atomic E-state index is 1.19. The van der Waals surface area contributed by atoms with Gasteiger partial charge in [-0.15, -0.1) is 6.58 Å². The molecule has 0 aliphatic rings. The summed E-state index contributed by atoms with van der Waals surface area (Å²) in [5.41, 5.74) is 5.90. The number of rotatable bonds is 13. The first kappa shape index (κ1) is 24.0. The zero-order valence-corrected chi connectivity index (χ0v) is 17.9. The number of hydrogen-bond donors (Lipinski definition) is 0. The Labute approximate surface area is 159 Å². The SMILES string of the molecule is C=C(C)CCCCCc1ccc(CCCCCCCC)c(C)c1.CC. The highest BCUT2D eigenvalue weighted by Crippen LogP contribution is 2.17. The van der Waals surface area contributed by atoms with E-state index < -0.39 is 0 Å². The number of aryl methyl sites for hydroxylation is 3. The first-order valence-electron chi connectivity index (χ1n) is 10.9. The maximum atomic E-state index is 3.98. The molecule has 0 nitrogen and oxygen atoms in total. The van der Waals surface area contributed by atoms with Gasteiger partial charge in [-0.3, -0.25) is 0 Å². The van der Waals surface area contributed by atoms with E-state index in [2.05, 4.69) is 45.5 Å². The van der Waals surface area contributed by atoms with E-state index in [0.29, 0.717) is 0 Å². The van der Waals surface area contributed by atoms with E-state index in [-0.39, 0.29) is 0 Å². The molecule has 1 aromatic rings. The summed E-state index contributed by atoms with van der Waals surface area (Å²) in [5, 5.41) is 0. The fourth-order valence-corrected chi connectivity index (χ4v) is 3.22. The van der Waals surface area contributed by atoms with Crippen LogP contribution < -0.4 is 0 Å². The molecule has 0 radical (unpaired) electrons. The van der Waals surface area contributed by atoms with Crippen molar-refractivity contribution in [1.29, 1.82) is 0 Å². The quantitative estimate of drug-likeness (QED) is 0.248. The van der Waals surface area contributed by atoms with Gasteiger partial charge in [-0.25, -0.2) is 0 Å². The Bertz CT molecular complexity index is 441. The van der Waals surface area contributed by atoms with Crippen molar-refractivity contribution < 1.29 is 0 Å². The van der Waals surface area contributed by atoms with E-state index in [1.54, 1.807) is 5.56 Å². The number of benzene rings is 1. The van der Waals surface area contributed by atoms with Crippen LogP contribution in [0.4, 0.5) is 0 Å². The molecule has 0 N–H and O–H groups in total. The largest absolute Gasteiger partial charge is 0.100 e. The Morgan fingerprint density at radius 2 is 1.44 bits per heavy atom. The maximum Gasteiger partial charge on any atom is -0.0276 e. The lowest BCUT2D eigenvalue weighted by Gasteiger charge is -2.09. The molecule has 0 saturated carbocycles. The highest BCUT2D eigenvalue weighted by molar-refractivity contribution is 5.31. The van der Waals surface area contributed by atoms with Crippen molar-refractivity contribution in [3.05, 3.63) is 47.0 Å². The fraction of sp³-hybridized carbons (Fsp3) is 0.680. The molecule has 1 aromatic carbocycles. The molecular formula is C25H44. The van der Waals surface area contributed by atoms with Gasteiger partial charge < -0.3 is 0 Å². The summed E-state index contributed by atoms with van der Waals surface area (Å²) in [7, 11) is 0. The van der Waals surface area contributed by atoms with Gasteiger partial charge in [0.1, 0.15) is 0 Å². The van der Waals surface area contributed by atoms with Crippen LogP contribution in [0.1, 0.15) is 109 Å². The highest BCUT2D eigenvalue weighted by Gasteiger charge is 2.01. The van der Waals surface area contributed by atoms with Crippen LogP contribution in [0.15, 0.2) is 30.4 Å². The molecule has 0 aliphatic carbocycles. The van der Waals surface area contributed by atoms with Crippen LogP contribution in [0, 0.1) is 6.92 Å². The molecule has 0 bridgehead atoms. The van der Waals surface area contributed by atoms with Crippen LogP contribution in [-0.4, -0.2) is 0 Å². The molecule has 0 heterocycles. The summed E-state index contributed by atoms with van der Waals surface area (Å²) >= 11 is 0. The number of hydrogen-bond acceptors (Lipinski definition) is 0. The molecule has 25 heavy (non-hydrogen) atoms. The van der Waals surface area contributed by atoms with Crippen molar-refractivity contribution in [1.82, 2.24) is 0 Å². The van der Waals surface area contributed by atoms with Gasteiger partial charge in [0, 0.05) is 0 Å². The van der Waals surface area contributed by atoms with Crippen LogP contribution in [0.25, 0.3) is 0 Å². The first-order chi connectivity index (χ1) is 12.1. The van der Waals surface area contributed by atoms with Crippen LogP contribution >= 0.6 is 0 Å². The summed E-state index contributed by atoms with van der Waals surface area (Å²) in [6.07, 6.45) is 15.9. The molecule has 1 rings (SSSR count). The van der Waals surface area contributed by atoms with Crippen molar-refractivity contribution in [2.45, 2.75) is 112 Å². The van der Waals surface area contributed by atoms with Gasteiger partial charge >= 0.3 is 0 Å². The van der Waals surface area contributed by atoms with Crippen molar-refractivity contribution >= 4 is 0 Å². The molecule has 0 heteroatoms. The topological polar surface area (TPSA) is 0 Å². The van der Waals surface area contributed by atoms with E-state index in [9.17, 15) is 0 Å². The summed E-state index contributed by atoms with van der Waals surface area (Å²) in [6.45, 7) is 14.7. The number of unbranched alkanes of at least 4 members (excludes halogenated alkanes) is 7. The third kappa shape index (κ3) is 12.9. The lowest BCUT2D eigenvalue weighted by Crippen LogP contribution is -1.94. The monoisotopic (exact) mass is 344 g/mol. The van der Waals surface area contributed by atoms with Crippen molar-refractivity contribution in [3.8, 4) is 0 Å². The van der Waals surface area contributed by atoms with E-state index in [1.165, 1.54) is 93.7 Å². The van der Waals surface area contributed by atoms with E-state index in [4.69, 9.17) is 0 Å². The smallest absolute Gasteiger partial charge is 0.0276 e. The average molecular weight is 345 g/mol. The minimum atomic E-state index is 1.19. The summed E-state index contributed by atoms with van der Waals surface area (Å²) < 4.78 is 0. The predicted molar refractivity (Wildman–Crippen MR) is 117 cm³/mol. The van der Waals surface area contributed by atoms with Gasteiger partial charge in [0.25, 0.3) is 0 Å². The first-order valence-corrected chi connectivity index (χ1v) is 10.9. The molecule has 0 spiro atoms. The van der Waals surface area contributed by atoms with E-state index in [1.807, 2.05) is 13.8 Å². The second-order valence-corrected chi connectivity index (χ2v) is 7.30. The Morgan fingerprint density at radius 1 is 0.840 bits per heavy atom. The standard InChI is InChI=1S/C23H38.C2H6/c1-5-6-7-8-9-13-16-23-18-17-22(19-21(23)4)15-12-10-11-14-20(2)3;1-2/h17-19H,2,5-16H2,1,3-4H3;1-2H3.